The van der Waals surface area contributed by atoms with E-state index in [2.05, 4.69) is 52.4 Å². The van der Waals surface area contributed by atoms with Gasteiger partial charge in [0, 0.05) is 16.9 Å². The molecule has 3 heteroatoms. The molecule has 1 fully saturated rings. The summed E-state index contributed by atoms with van der Waals surface area (Å²) in [5.41, 5.74) is 3.66. The smallest absolute Gasteiger partial charge is 0.123 e. The van der Waals surface area contributed by atoms with E-state index in [0.29, 0.717) is 11.8 Å². The van der Waals surface area contributed by atoms with Crippen molar-refractivity contribution in [1.82, 2.24) is 5.32 Å². The maximum absolute atomic E-state index is 13.7. The number of nitrogens with one attached hydrogen (secondary N) is 1. The number of halogens is 2. The fraction of sp³-hybridized carbons (Fsp3) is 0.333. The minimum absolute atomic E-state index is 0.135. The number of benzene rings is 2. The summed E-state index contributed by atoms with van der Waals surface area (Å²) < 4.78 is 14.8. The van der Waals surface area contributed by atoms with E-state index in [1.165, 1.54) is 11.1 Å². The molecular weight excluding hydrogens is 329 g/mol. The van der Waals surface area contributed by atoms with E-state index in [1.54, 1.807) is 12.1 Å². The van der Waals surface area contributed by atoms with Crippen LogP contribution in [-0.4, -0.2) is 13.1 Å². The fourth-order valence-corrected chi connectivity index (χ4v) is 3.57. The van der Waals surface area contributed by atoms with Gasteiger partial charge in [-0.2, -0.15) is 0 Å². The Balaban J connectivity index is 1.98. The molecule has 21 heavy (non-hydrogen) atoms. The van der Waals surface area contributed by atoms with Crippen LogP contribution >= 0.6 is 15.9 Å². The van der Waals surface area contributed by atoms with Crippen LogP contribution in [0.5, 0.6) is 0 Å². The molecular formula is C18H19BrFN. The van der Waals surface area contributed by atoms with E-state index >= 15 is 0 Å². The number of rotatable bonds is 2. The number of hydrogen-bond donors (Lipinski definition) is 1. The lowest BCUT2D eigenvalue weighted by molar-refractivity contribution is 0.402. The van der Waals surface area contributed by atoms with Crippen LogP contribution in [0.2, 0.25) is 0 Å². The van der Waals surface area contributed by atoms with E-state index in [0.717, 1.165) is 29.5 Å². The van der Waals surface area contributed by atoms with Crippen LogP contribution < -0.4 is 5.32 Å². The lowest BCUT2D eigenvalue weighted by Crippen LogP contribution is -2.34. The van der Waals surface area contributed by atoms with Crippen molar-refractivity contribution < 1.29 is 4.39 Å². The first-order valence-electron chi connectivity index (χ1n) is 7.37. The van der Waals surface area contributed by atoms with Gasteiger partial charge in [0.2, 0.25) is 0 Å². The van der Waals surface area contributed by atoms with E-state index < -0.39 is 0 Å². The first kappa shape index (κ1) is 14.7. The van der Waals surface area contributed by atoms with Gasteiger partial charge in [0.15, 0.2) is 0 Å². The van der Waals surface area contributed by atoms with Crippen LogP contribution in [0.15, 0.2) is 46.9 Å². The summed E-state index contributed by atoms with van der Waals surface area (Å²) in [6.45, 7) is 4.02. The summed E-state index contributed by atoms with van der Waals surface area (Å²) in [4.78, 5) is 0. The highest BCUT2D eigenvalue weighted by molar-refractivity contribution is 9.10. The van der Waals surface area contributed by atoms with Crippen molar-refractivity contribution in [3.05, 3.63) is 69.4 Å². The maximum atomic E-state index is 13.7. The molecule has 2 aromatic carbocycles. The van der Waals surface area contributed by atoms with Crippen molar-refractivity contribution in [3.63, 3.8) is 0 Å². The molecule has 0 aliphatic carbocycles. The minimum Gasteiger partial charge on any atom is -0.316 e. The van der Waals surface area contributed by atoms with Gasteiger partial charge in [0.1, 0.15) is 5.82 Å². The maximum Gasteiger partial charge on any atom is 0.123 e. The predicted octanol–water partition coefficient (Wildman–Crippen LogP) is 4.76. The normalized spacial score (nSPS) is 22.2. The third-order valence-corrected chi connectivity index (χ3v) is 4.95. The second-order valence-electron chi connectivity index (χ2n) is 5.76. The van der Waals surface area contributed by atoms with Crippen molar-refractivity contribution in [2.75, 3.05) is 13.1 Å². The van der Waals surface area contributed by atoms with Gasteiger partial charge in [-0.15, -0.1) is 0 Å². The van der Waals surface area contributed by atoms with E-state index in [1.807, 2.05) is 6.07 Å². The van der Waals surface area contributed by atoms with E-state index in [-0.39, 0.29) is 5.82 Å². The number of aryl methyl sites for hydroxylation is 1. The highest BCUT2D eigenvalue weighted by Gasteiger charge is 2.28. The van der Waals surface area contributed by atoms with Gasteiger partial charge < -0.3 is 5.32 Å². The molecule has 2 aromatic rings. The highest BCUT2D eigenvalue weighted by Crippen LogP contribution is 2.39. The molecule has 1 aliphatic heterocycles. The molecule has 0 bridgehead atoms. The van der Waals surface area contributed by atoms with Gasteiger partial charge >= 0.3 is 0 Å². The summed E-state index contributed by atoms with van der Waals surface area (Å²) in [7, 11) is 0. The molecule has 2 atom stereocenters. The molecule has 1 saturated heterocycles. The van der Waals surface area contributed by atoms with Crippen molar-refractivity contribution >= 4 is 15.9 Å². The average molecular weight is 348 g/mol. The zero-order valence-electron chi connectivity index (χ0n) is 12.1. The lowest BCUT2D eigenvalue weighted by Gasteiger charge is -2.34. The Morgan fingerprint density at radius 2 is 1.86 bits per heavy atom. The molecule has 3 rings (SSSR count). The number of piperidine rings is 1. The molecule has 0 aromatic heterocycles. The van der Waals surface area contributed by atoms with Gasteiger partial charge in [-0.05, 0) is 66.8 Å². The Bertz CT molecular complexity index is 624. The molecule has 1 heterocycles. The Morgan fingerprint density at radius 3 is 2.62 bits per heavy atom. The molecule has 0 saturated carbocycles. The zero-order valence-corrected chi connectivity index (χ0v) is 13.7. The molecule has 0 amide bonds. The van der Waals surface area contributed by atoms with E-state index in [4.69, 9.17) is 0 Å². The van der Waals surface area contributed by atoms with Crippen LogP contribution in [0, 0.1) is 12.7 Å². The van der Waals surface area contributed by atoms with Crippen molar-refractivity contribution in [2.45, 2.75) is 25.2 Å². The molecule has 1 nitrogen and oxygen atoms in total. The standard InChI is InChI=1S/C18H19BrFN/c1-12-2-7-15(20)10-17(12)16-8-9-21-11-18(16)13-3-5-14(19)6-4-13/h2-7,10,16,18,21H,8-9,11H2,1H3. The third kappa shape index (κ3) is 3.19. The Kier molecular flexibility index (Phi) is 4.41. The first-order valence-corrected chi connectivity index (χ1v) is 8.16. The predicted molar refractivity (Wildman–Crippen MR) is 88.2 cm³/mol. The topological polar surface area (TPSA) is 12.0 Å². The van der Waals surface area contributed by atoms with Gasteiger partial charge in [-0.1, -0.05) is 34.1 Å². The summed E-state index contributed by atoms with van der Waals surface area (Å²) in [5.74, 6) is 0.638. The van der Waals surface area contributed by atoms with Crippen molar-refractivity contribution in [1.29, 1.82) is 0 Å². The van der Waals surface area contributed by atoms with Gasteiger partial charge in [-0.3, -0.25) is 0 Å². The van der Waals surface area contributed by atoms with Crippen LogP contribution in [0.4, 0.5) is 4.39 Å². The fourth-order valence-electron chi connectivity index (χ4n) is 3.30. The van der Waals surface area contributed by atoms with Crippen LogP contribution in [0.25, 0.3) is 0 Å². The lowest BCUT2D eigenvalue weighted by atomic mass is 9.76. The quantitative estimate of drug-likeness (QED) is 0.825. The SMILES string of the molecule is Cc1ccc(F)cc1C1CCNCC1c1ccc(Br)cc1. The molecule has 1 aliphatic rings. The molecule has 2 unspecified atom stereocenters. The van der Waals surface area contributed by atoms with Crippen LogP contribution in [0.1, 0.15) is 34.9 Å². The molecule has 0 spiro atoms. The monoisotopic (exact) mass is 347 g/mol. The van der Waals surface area contributed by atoms with Crippen molar-refractivity contribution in [2.24, 2.45) is 0 Å². The summed E-state index contributed by atoms with van der Waals surface area (Å²) >= 11 is 3.49. The summed E-state index contributed by atoms with van der Waals surface area (Å²) in [6, 6.07) is 13.7. The summed E-state index contributed by atoms with van der Waals surface area (Å²) in [6.07, 6.45) is 1.05. The second-order valence-corrected chi connectivity index (χ2v) is 6.67. The largest absolute Gasteiger partial charge is 0.316 e. The molecule has 1 N–H and O–H groups in total. The van der Waals surface area contributed by atoms with E-state index in [9.17, 15) is 4.39 Å². The highest BCUT2D eigenvalue weighted by atomic mass is 79.9. The molecule has 0 radical (unpaired) electrons. The zero-order chi connectivity index (χ0) is 14.8. The van der Waals surface area contributed by atoms with Crippen LogP contribution in [0.3, 0.4) is 0 Å². The van der Waals surface area contributed by atoms with Crippen molar-refractivity contribution in [3.8, 4) is 0 Å². The molecule has 110 valence electrons. The van der Waals surface area contributed by atoms with Crippen LogP contribution in [-0.2, 0) is 0 Å². The van der Waals surface area contributed by atoms with Gasteiger partial charge in [0.25, 0.3) is 0 Å². The summed E-state index contributed by atoms with van der Waals surface area (Å²) in [5, 5.41) is 3.48. The Labute approximate surface area is 133 Å². The Hall–Kier alpha value is -1.19. The minimum atomic E-state index is -0.135. The average Bonchev–Trinajstić information content (AvgIpc) is 2.51. The third-order valence-electron chi connectivity index (χ3n) is 4.42. The van der Waals surface area contributed by atoms with Gasteiger partial charge in [0.05, 0.1) is 0 Å². The number of hydrogen-bond acceptors (Lipinski definition) is 1. The van der Waals surface area contributed by atoms with Gasteiger partial charge in [-0.25, -0.2) is 4.39 Å². The second kappa shape index (κ2) is 6.29. The first-order chi connectivity index (χ1) is 10.1. The Morgan fingerprint density at radius 1 is 1.10 bits per heavy atom.